The van der Waals surface area contributed by atoms with E-state index in [1.807, 2.05) is 30.3 Å². The van der Waals surface area contributed by atoms with E-state index >= 15 is 0 Å². The Balaban J connectivity index is 2.11. The molecular weight excluding hydrogens is 258 g/mol. The van der Waals surface area contributed by atoms with Crippen LogP contribution in [0.4, 0.5) is 4.79 Å². The third-order valence-electron chi connectivity index (χ3n) is 3.29. The highest BCUT2D eigenvalue weighted by molar-refractivity contribution is 5.90. The van der Waals surface area contributed by atoms with E-state index in [1.165, 1.54) is 0 Å². The fraction of sp³-hybridized carbons (Fsp3) is 0.467. The first kappa shape index (κ1) is 14.4. The molecule has 1 aliphatic rings. The standard InChI is InChI=1S/C15H19NO4/c1-14(2,3)20-13(19)16-15(12(17)18)9-11(15)10-7-5-4-6-8-10/h4-8,11H,9H2,1-3H3,(H,16,19)(H,17,18)/p+1. The molecule has 5 heteroatoms. The molecule has 0 aliphatic heterocycles. The van der Waals surface area contributed by atoms with Gasteiger partial charge in [0, 0.05) is 10.7 Å². The van der Waals surface area contributed by atoms with Crippen molar-refractivity contribution in [1.29, 1.82) is 0 Å². The Kier molecular flexibility index (Phi) is 3.46. The van der Waals surface area contributed by atoms with Gasteiger partial charge in [0.05, 0.1) is 0 Å². The van der Waals surface area contributed by atoms with Crippen molar-refractivity contribution in [1.82, 2.24) is 5.32 Å². The number of amides is 1. The van der Waals surface area contributed by atoms with Gasteiger partial charge >= 0.3 is 12.1 Å². The summed E-state index contributed by atoms with van der Waals surface area (Å²) in [5.41, 5.74) is -0.818. The predicted octanol–water partition coefficient (Wildman–Crippen LogP) is 1.69. The Bertz CT molecular complexity index is 520. The van der Waals surface area contributed by atoms with Gasteiger partial charge in [-0.15, -0.1) is 0 Å². The molecule has 0 bridgehead atoms. The minimum absolute atomic E-state index is 0.152. The van der Waals surface area contributed by atoms with E-state index in [1.54, 1.807) is 20.8 Å². The molecule has 20 heavy (non-hydrogen) atoms. The van der Waals surface area contributed by atoms with E-state index in [0.29, 0.717) is 6.42 Å². The summed E-state index contributed by atoms with van der Waals surface area (Å²) in [5, 5.41) is 10.0. The lowest BCUT2D eigenvalue weighted by molar-refractivity contribution is -0.140. The van der Waals surface area contributed by atoms with Crippen LogP contribution in [0.3, 0.4) is 0 Å². The normalized spacial score (nSPS) is 24.9. The number of carbonyl (C=O) groups is 2. The number of carbonyl (C=O) groups excluding carboxylic acids is 2. The summed E-state index contributed by atoms with van der Waals surface area (Å²) in [6.45, 7) is 5.26. The van der Waals surface area contributed by atoms with E-state index in [9.17, 15) is 9.59 Å². The monoisotopic (exact) mass is 278 g/mol. The zero-order valence-electron chi connectivity index (χ0n) is 11.9. The Morgan fingerprint density at radius 3 is 2.40 bits per heavy atom. The van der Waals surface area contributed by atoms with Crippen LogP contribution < -0.4 is 5.32 Å². The van der Waals surface area contributed by atoms with E-state index < -0.39 is 23.2 Å². The molecule has 0 heterocycles. The van der Waals surface area contributed by atoms with Crippen molar-refractivity contribution in [3.63, 3.8) is 0 Å². The van der Waals surface area contributed by atoms with Gasteiger partial charge in [0.15, 0.2) is 0 Å². The highest BCUT2D eigenvalue weighted by Gasteiger charge is 2.67. The van der Waals surface area contributed by atoms with Gasteiger partial charge in [-0.2, -0.15) is 0 Å². The van der Waals surface area contributed by atoms with Crippen LogP contribution in [0.2, 0.25) is 0 Å². The first-order chi connectivity index (χ1) is 9.24. The topological polar surface area (TPSA) is 78.3 Å². The molecule has 2 unspecified atom stereocenters. The molecule has 1 aromatic carbocycles. The van der Waals surface area contributed by atoms with Crippen molar-refractivity contribution in [2.24, 2.45) is 0 Å². The molecule has 1 aliphatic carbocycles. The highest BCUT2D eigenvalue weighted by Crippen LogP contribution is 2.51. The molecule has 1 saturated carbocycles. The van der Waals surface area contributed by atoms with E-state index in [2.05, 4.69) is 5.32 Å². The zero-order chi connectivity index (χ0) is 15.0. The van der Waals surface area contributed by atoms with Crippen LogP contribution in [0.1, 0.15) is 38.7 Å². The van der Waals surface area contributed by atoms with Gasteiger partial charge in [-0.3, -0.25) is 5.32 Å². The molecule has 2 rings (SSSR count). The van der Waals surface area contributed by atoms with Crippen LogP contribution in [0.15, 0.2) is 30.3 Å². The Hall–Kier alpha value is -2.04. The zero-order valence-corrected chi connectivity index (χ0v) is 11.9. The molecule has 3 N–H and O–H groups in total. The van der Waals surface area contributed by atoms with Gasteiger partial charge in [0.2, 0.25) is 5.54 Å². The molecule has 2 atom stereocenters. The van der Waals surface area contributed by atoms with Gasteiger partial charge in [-0.25, -0.2) is 4.79 Å². The number of ether oxygens (including phenoxy) is 1. The maximum Gasteiger partial charge on any atom is 0.542 e. The molecule has 1 aromatic rings. The van der Waals surface area contributed by atoms with Crippen LogP contribution >= 0.6 is 0 Å². The summed E-state index contributed by atoms with van der Waals surface area (Å²) in [7, 11) is 0. The molecule has 0 aromatic heterocycles. The quantitative estimate of drug-likeness (QED) is 0.854. The third kappa shape index (κ3) is 2.92. The third-order valence-corrected chi connectivity index (χ3v) is 3.29. The second kappa shape index (κ2) is 4.81. The summed E-state index contributed by atoms with van der Waals surface area (Å²) >= 11 is 0. The fourth-order valence-electron chi connectivity index (χ4n) is 2.28. The maximum absolute atomic E-state index is 11.8. The minimum Gasteiger partial charge on any atom is -0.563 e. The lowest BCUT2D eigenvalue weighted by Gasteiger charge is -2.21. The number of alkyl carbamates (subject to hydrolysis) is 1. The van der Waals surface area contributed by atoms with Crippen molar-refractivity contribution in [2.75, 3.05) is 0 Å². The smallest absolute Gasteiger partial charge is 0.542 e. The molecule has 1 amide bonds. The molecule has 5 nitrogen and oxygen atoms in total. The van der Waals surface area contributed by atoms with Gasteiger partial charge < -0.3 is 9.84 Å². The van der Waals surface area contributed by atoms with Crippen molar-refractivity contribution >= 4 is 12.1 Å². The highest BCUT2D eigenvalue weighted by atomic mass is 16.6. The maximum atomic E-state index is 11.8. The van der Waals surface area contributed by atoms with Gasteiger partial charge in [-0.1, -0.05) is 30.3 Å². The summed E-state index contributed by atoms with van der Waals surface area (Å²) < 4.78 is 5.16. The van der Waals surface area contributed by atoms with E-state index in [-0.39, 0.29) is 5.92 Å². The fourth-order valence-corrected chi connectivity index (χ4v) is 2.28. The summed E-state index contributed by atoms with van der Waals surface area (Å²) in [4.78, 5) is 23.4. The summed E-state index contributed by atoms with van der Waals surface area (Å²) in [6, 6.07) is 9.43. The number of hydrogen-bond acceptors (Lipinski definition) is 3. The second-order valence-corrected chi connectivity index (χ2v) is 6.09. The first-order valence-corrected chi connectivity index (χ1v) is 6.57. The van der Waals surface area contributed by atoms with Crippen LogP contribution in [0.5, 0.6) is 0 Å². The number of nitrogens with one attached hydrogen (secondary N) is 1. The van der Waals surface area contributed by atoms with Crippen LogP contribution in [-0.2, 0) is 9.53 Å². The Morgan fingerprint density at radius 2 is 1.90 bits per heavy atom. The number of rotatable bonds is 3. The lowest BCUT2D eigenvalue weighted by atomic mass is 10.1. The minimum atomic E-state index is -1.14. The van der Waals surface area contributed by atoms with Gasteiger partial charge in [0.1, 0.15) is 5.60 Å². The van der Waals surface area contributed by atoms with E-state index in [0.717, 1.165) is 5.56 Å². The van der Waals surface area contributed by atoms with Crippen LogP contribution in [0.25, 0.3) is 0 Å². The SMILES string of the molecule is CC(C)(C)OC(=O)NC1(C(=O)[OH2+])CC1c1ccccc1. The average Bonchev–Trinajstić information content (AvgIpc) is 3.03. The van der Waals surface area contributed by atoms with Crippen molar-refractivity contribution in [3.05, 3.63) is 35.9 Å². The molecule has 1 fully saturated rings. The van der Waals surface area contributed by atoms with Gasteiger partial charge in [0.25, 0.3) is 0 Å². The lowest BCUT2D eigenvalue weighted by Crippen LogP contribution is -2.46. The predicted molar refractivity (Wildman–Crippen MR) is 74.5 cm³/mol. The average molecular weight is 278 g/mol. The van der Waals surface area contributed by atoms with E-state index in [4.69, 9.17) is 9.84 Å². The Labute approximate surface area is 117 Å². The van der Waals surface area contributed by atoms with Crippen molar-refractivity contribution in [3.8, 4) is 0 Å². The van der Waals surface area contributed by atoms with Gasteiger partial charge in [-0.05, 0) is 32.8 Å². The van der Waals surface area contributed by atoms with Crippen molar-refractivity contribution < 1.29 is 19.4 Å². The van der Waals surface area contributed by atoms with Crippen LogP contribution in [-0.4, -0.2) is 28.3 Å². The number of benzene rings is 1. The van der Waals surface area contributed by atoms with Crippen molar-refractivity contribution in [2.45, 2.75) is 44.2 Å². The second-order valence-electron chi connectivity index (χ2n) is 6.09. The largest absolute Gasteiger partial charge is 0.563 e. The molecule has 0 saturated heterocycles. The molecule has 0 radical (unpaired) electrons. The molecule has 0 spiro atoms. The molecule has 108 valence electrons. The van der Waals surface area contributed by atoms with Crippen LogP contribution in [0, 0.1) is 0 Å². The first-order valence-electron chi connectivity index (χ1n) is 6.57. The molecular formula is C15H20NO4+. The number of hydrogen-bond donors (Lipinski definition) is 1. The Morgan fingerprint density at radius 1 is 1.30 bits per heavy atom. The summed E-state index contributed by atoms with van der Waals surface area (Å²) in [5.74, 6) is -0.932. The summed E-state index contributed by atoms with van der Waals surface area (Å²) in [6.07, 6.45) is -0.213.